The summed E-state index contributed by atoms with van der Waals surface area (Å²) in [7, 11) is 0. The normalized spacial score (nSPS) is 16.6. The summed E-state index contributed by atoms with van der Waals surface area (Å²) in [6.07, 6.45) is -3.60. The molecule has 1 aromatic carbocycles. The molecule has 0 spiro atoms. The maximum atomic E-state index is 13.0. The van der Waals surface area contributed by atoms with Gasteiger partial charge in [0.05, 0.1) is 30.3 Å². The largest absolute Gasteiger partial charge is 0.492 e. The standard InChI is InChI=1S/C21H20F3N5O3/c1-2-32-16-6-4-3-5-15(16)28-11-13(9-19(28)30)20(31)25-10-18-27-26-17-8-7-14(12-29(17)18)21(22,23)24/h3-8,12-13H,2,9-11H2,1H3,(H,25,31). The van der Waals surface area contributed by atoms with Crippen molar-refractivity contribution in [3.8, 4) is 5.75 Å². The second-order valence-corrected chi connectivity index (χ2v) is 7.28. The monoisotopic (exact) mass is 447 g/mol. The lowest BCUT2D eigenvalue weighted by Crippen LogP contribution is -2.33. The van der Waals surface area contributed by atoms with Crippen molar-refractivity contribution < 1.29 is 27.5 Å². The van der Waals surface area contributed by atoms with E-state index in [2.05, 4.69) is 15.5 Å². The van der Waals surface area contributed by atoms with Crippen molar-refractivity contribution in [3.05, 3.63) is 54.0 Å². The van der Waals surface area contributed by atoms with Gasteiger partial charge in [-0.2, -0.15) is 13.2 Å². The molecule has 0 bridgehead atoms. The van der Waals surface area contributed by atoms with Crippen LogP contribution in [0.1, 0.15) is 24.7 Å². The van der Waals surface area contributed by atoms with Crippen LogP contribution in [0.2, 0.25) is 0 Å². The summed E-state index contributed by atoms with van der Waals surface area (Å²) in [5, 5.41) is 10.3. The minimum absolute atomic E-state index is 0.0189. The van der Waals surface area contributed by atoms with Crippen LogP contribution in [0.5, 0.6) is 5.75 Å². The smallest absolute Gasteiger partial charge is 0.417 e. The average Bonchev–Trinajstić information content (AvgIpc) is 3.35. The third-order valence-electron chi connectivity index (χ3n) is 5.17. The Kier molecular flexibility index (Phi) is 5.72. The highest BCUT2D eigenvalue weighted by Crippen LogP contribution is 2.33. The number of halogens is 3. The molecule has 3 aromatic rings. The molecule has 1 aliphatic heterocycles. The zero-order valence-corrected chi connectivity index (χ0v) is 17.1. The van der Waals surface area contributed by atoms with E-state index < -0.39 is 23.6 Å². The lowest BCUT2D eigenvalue weighted by Gasteiger charge is -2.20. The van der Waals surface area contributed by atoms with E-state index in [0.717, 1.165) is 12.3 Å². The first-order valence-electron chi connectivity index (χ1n) is 9.98. The molecule has 0 radical (unpaired) electrons. The first-order chi connectivity index (χ1) is 15.3. The van der Waals surface area contributed by atoms with Crippen LogP contribution in [0.25, 0.3) is 5.65 Å². The number of aromatic nitrogens is 3. The molecule has 1 fully saturated rings. The average molecular weight is 447 g/mol. The van der Waals surface area contributed by atoms with Crippen molar-refractivity contribution in [3.63, 3.8) is 0 Å². The number of pyridine rings is 1. The molecule has 1 saturated heterocycles. The molecular formula is C21H20F3N5O3. The first kappa shape index (κ1) is 21.6. The molecule has 168 valence electrons. The molecule has 1 aliphatic rings. The SMILES string of the molecule is CCOc1ccccc1N1CC(C(=O)NCc2nnc3ccc(C(F)(F)F)cn23)CC1=O. The number of fused-ring (bicyclic) bond motifs is 1. The van der Waals surface area contributed by atoms with E-state index in [1.54, 1.807) is 24.3 Å². The summed E-state index contributed by atoms with van der Waals surface area (Å²) in [5.41, 5.74) is -0.0165. The van der Waals surface area contributed by atoms with Crippen molar-refractivity contribution in [1.82, 2.24) is 19.9 Å². The van der Waals surface area contributed by atoms with Crippen LogP contribution in [-0.4, -0.2) is 39.6 Å². The predicted octanol–water partition coefficient (Wildman–Crippen LogP) is 2.82. The summed E-state index contributed by atoms with van der Waals surface area (Å²) in [4.78, 5) is 26.7. The summed E-state index contributed by atoms with van der Waals surface area (Å²) in [6, 6.07) is 9.22. The van der Waals surface area contributed by atoms with E-state index in [1.807, 2.05) is 6.92 Å². The molecule has 3 heterocycles. The number of anilines is 1. The Morgan fingerprint density at radius 2 is 2.00 bits per heavy atom. The third-order valence-corrected chi connectivity index (χ3v) is 5.17. The third kappa shape index (κ3) is 4.23. The Hall–Kier alpha value is -3.63. The minimum Gasteiger partial charge on any atom is -0.492 e. The first-order valence-corrected chi connectivity index (χ1v) is 9.98. The second-order valence-electron chi connectivity index (χ2n) is 7.28. The number of alkyl halides is 3. The topological polar surface area (TPSA) is 88.8 Å². The highest BCUT2D eigenvalue weighted by Gasteiger charge is 2.36. The van der Waals surface area contributed by atoms with Crippen LogP contribution in [-0.2, 0) is 22.3 Å². The van der Waals surface area contributed by atoms with Crippen LogP contribution in [0.15, 0.2) is 42.6 Å². The molecule has 0 saturated carbocycles. The van der Waals surface area contributed by atoms with E-state index in [1.165, 1.54) is 15.4 Å². The number of benzene rings is 1. The van der Waals surface area contributed by atoms with Crippen LogP contribution in [0, 0.1) is 5.92 Å². The number of nitrogens with zero attached hydrogens (tertiary/aromatic N) is 4. The number of rotatable bonds is 6. The molecular weight excluding hydrogens is 427 g/mol. The highest BCUT2D eigenvalue weighted by molar-refractivity contribution is 6.01. The lowest BCUT2D eigenvalue weighted by atomic mass is 10.1. The number of nitrogens with one attached hydrogen (secondary N) is 1. The Labute approximate surface area is 181 Å². The number of para-hydroxylation sites is 2. The van der Waals surface area contributed by atoms with E-state index in [9.17, 15) is 22.8 Å². The van der Waals surface area contributed by atoms with Gasteiger partial charge in [0.15, 0.2) is 11.5 Å². The summed E-state index contributed by atoms with van der Waals surface area (Å²) >= 11 is 0. The number of amides is 2. The summed E-state index contributed by atoms with van der Waals surface area (Å²) in [6.45, 7) is 2.32. The molecule has 2 aromatic heterocycles. The molecule has 0 aliphatic carbocycles. The maximum Gasteiger partial charge on any atom is 0.417 e. The maximum absolute atomic E-state index is 13.0. The molecule has 1 atom stereocenters. The second kappa shape index (κ2) is 8.48. The molecule has 32 heavy (non-hydrogen) atoms. The van der Waals surface area contributed by atoms with Crippen molar-refractivity contribution >= 4 is 23.1 Å². The lowest BCUT2D eigenvalue weighted by molar-refractivity contribution is -0.138. The molecule has 1 unspecified atom stereocenters. The number of hydrogen-bond donors (Lipinski definition) is 1. The Morgan fingerprint density at radius 1 is 1.22 bits per heavy atom. The van der Waals surface area contributed by atoms with E-state index >= 15 is 0 Å². The van der Waals surface area contributed by atoms with Crippen LogP contribution in [0.3, 0.4) is 0 Å². The van der Waals surface area contributed by atoms with Crippen LogP contribution in [0.4, 0.5) is 18.9 Å². The fourth-order valence-corrected chi connectivity index (χ4v) is 3.61. The van der Waals surface area contributed by atoms with Gasteiger partial charge >= 0.3 is 6.18 Å². The van der Waals surface area contributed by atoms with Gasteiger partial charge in [0.25, 0.3) is 0 Å². The van der Waals surface area contributed by atoms with Gasteiger partial charge in [-0.05, 0) is 31.2 Å². The van der Waals surface area contributed by atoms with E-state index in [0.29, 0.717) is 18.0 Å². The quantitative estimate of drug-likeness (QED) is 0.628. The Balaban J connectivity index is 1.45. The van der Waals surface area contributed by atoms with Gasteiger partial charge in [-0.1, -0.05) is 12.1 Å². The van der Waals surface area contributed by atoms with Gasteiger partial charge in [0.2, 0.25) is 11.8 Å². The number of hydrogen-bond acceptors (Lipinski definition) is 5. The van der Waals surface area contributed by atoms with E-state index in [4.69, 9.17) is 4.74 Å². The van der Waals surface area contributed by atoms with Gasteiger partial charge in [0.1, 0.15) is 5.75 Å². The van der Waals surface area contributed by atoms with Crippen molar-refractivity contribution in [1.29, 1.82) is 0 Å². The van der Waals surface area contributed by atoms with Gasteiger partial charge in [-0.3, -0.25) is 14.0 Å². The van der Waals surface area contributed by atoms with Crippen molar-refractivity contribution in [2.75, 3.05) is 18.1 Å². The van der Waals surface area contributed by atoms with Crippen LogP contribution >= 0.6 is 0 Å². The zero-order valence-electron chi connectivity index (χ0n) is 17.1. The van der Waals surface area contributed by atoms with Crippen LogP contribution < -0.4 is 15.0 Å². The molecule has 11 heteroatoms. The van der Waals surface area contributed by atoms with E-state index in [-0.39, 0.29) is 36.9 Å². The van der Waals surface area contributed by atoms with Gasteiger partial charge in [-0.25, -0.2) is 0 Å². The number of carbonyl (C=O) groups excluding carboxylic acids is 2. The Bertz CT molecular complexity index is 1160. The van der Waals surface area contributed by atoms with Crippen molar-refractivity contribution in [2.24, 2.45) is 5.92 Å². The Morgan fingerprint density at radius 3 is 2.75 bits per heavy atom. The van der Waals surface area contributed by atoms with Gasteiger partial charge < -0.3 is 15.0 Å². The summed E-state index contributed by atoms with van der Waals surface area (Å²) in [5.74, 6) is -0.497. The minimum atomic E-state index is -4.51. The van der Waals surface area contributed by atoms with Crippen molar-refractivity contribution in [2.45, 2.75) is 26.1 Å². The predicted molar refractivity (Wildman–Crippen MR) is 108 cm³/mol. The fraction of sp³-hybridized carbons (Fsp3) is 0.333. The summed E-state index contributed by atoms with van der Waals surface area (Å²) < 4.78 is 45.7. The fourth-order valence-electron chi connectivity index (χ4n) is 3.61. The highest BCUT2D eigenvalue weighted by atomic mass is 19.4. The number of ether oxygens (including phenoxy) is 1. The molecule has 2 amide bonds. The molecule has 8 nitrogen and oxygen atoms in total. The molecule has 1 N–H and O–H groups in total. The zero-order chi connectivity index (χ0) is 22.9. The van der Waals surface area contributed by atoms with Gasteiger partial charge in [0, 0.05) is 19.2 Å². The molecule has 4 rings (SSSR count). The van der Waals surface area contributed by atoms with Gasteiger partial charge in [-0.15, -0.1) is 10.2 Å². The number of carbonyl (C=O) groups is 2.